The first-order valence-corrected chi connectivity index (χ1v) is 10.3. The molecular weight excluding hydrogens is 396 g/mol. The van der Waals surface area contributed by atoms with Gasteiger partial charge in [0.2, 0.25) is 0 Å². The van der Waals surface area contributed by atoms with Crippen molar-refractivity contribution in [2.24, 2.45) is 0 Å². The summed E-state index contributed by atoms with van der Waals surface area (Å²) in [6, 6.07) is 11.3. The number of nitrogens with zero attached hydrogens (tertiary/aromatic N) is 2. The van der Waals surface area contributed by atoms with Crippen LogP contribution in [0.15, 0.2) is 47.3 Å². The van der Waals surface area contributed by atoms with Gasteiger partial charge in [-0.3, -0.25) is 29.8 Å². The minimum atomic E-state index is -0.489. The van der Waals surface area contributed by atoms with Gasteiger partial charge in [0, 0.05) is 24.1 Å². The predicted molar refractivity (Wildman–Crippen MR) is 116 cm³/mol. The second-order valence-electron chi connectivity index (χ2n) is 7.52. The number of hydrogen-bond acceptors (Lipinski definition) is 5. The maximum Gasteiger partial charge on any atom is 0.269 e. The number of benzene rings is 2. The zero-order valence-electron chi connectivity index (χ0n) is 17.3. The van der Waals surface area contributed by atoms with Crippen molar-refractivity contribution in [1.29, 1.82) is 0 Å². The van der Waals surface area contributed by atoms with Crippen LogP contribution in [0.5, 0.6) is 5.75 Å². The summed E-state index contributed by atoms with van der Waals surface area (Å²) >= 11 is 0. The average molecular weight is 420 g/mol. The number of methoxy groups -OCH3 is 1. The summed E-state index contributed by atoms with van der Waals surface area (Å²) in [7, 11) is 1.54. The van der Waals surface area contributed by atoms with E-state index in [-0.39, 0.29) is 5.56 Å². The van der Waals surface area contributed by atoms with Gasteiger partial charge in [0.1, 0.15) is 11.6 Å². The van der Waals surface area contributed by atoms with E-state index < -0.39 is 11.8 Å². The summed E-state index contributed by atoms with van der Waals surface area (Å²) in [5.74, 6) is 0.461. The van der Waals surface area contributed by atoms with Crippen molar-refractivity contribution in [2.45, 2.75) is 38.6 Å². The van der Waals surface area contributed by atoms with Gasteiger partial charge >= 0.3 is 0 Å². The van der Waals surface area contributed by atoms with Crippen molar-refractivity contribution in [3.05, 3.63) is 69.8 Å². The Balaban J connectivity index is 1.52. The molecule has 0 spiro atoms. The fourth-order valence-corrected chi connectivity index (χ4v) is 3.74. The molecule has 0 fully saturated rings. The molecule has 8 nitrogen and oxygen atoms in total. The topological polar surface area (TPSA) is 102 Å². The normalized spacial score (nSPS) is 13.6. The molecule has 2 aromatic carbocycles. The summed E-state index contributed by atoms with van der Waals surface area (Å²) in [5, 5.41) is 0.489. The Labute approximate surface area is 179 Å². The van der Waals surface area contributed by atoms with Crippen LogP contribution in [0.4, 0.5) is 0 Å². The van der Waals surface area contributed by atoms with Gasteiger partial charge in [0.25, 0.3) is 17.4 Å². The number of hydrogen-bond donors (Lipinski definition) is 2. The number of rotatable bonds is 3. The predicted octanol–water partition coefficient (Wildman–Crippen LogP) is 2.60. The van der Waals surface area contributed by atoms with E-state index in [1.54, 1.807) is 54.1 Å². The van der Waals surface area contributed by atoms with Crippen LogP contribution in [-0.4, -0.2) is 28.5 Å². The average Bonchev–Trinajstić information content (AvgIpc) is 2.78. The van der Waals surface area contributed by atoms with E-state index in [0.717, 1.165) is 37.9 Å². The highest BCUT2D eigenvalue weighted by atomic mass is 16.5. The van der Waals surface area contributed by atoms with Crippen LogP contribution in [0, 0.1) is 0 Å². The van der Waals surface area contributed by atoms with Crippen molar-refractivity contribution in [3.63, 3.8) is 0 Å². The van der Waals surface area contributed by atoms with Crippen molar-refractivity contribution < 1.29 is 14.3 Å². The van der Waals surface area contributed by atoms with E-state index in [9.17, 15) is 14.4 Å². The third-order valence-electron chi connectivity index (χ3n) is 5.47. The summed E-state index contributed by atoms with van der Waals surface area (Å²) in [4.78, 5) is 42.3. The lowest BCUT2D eigenvalue weighted by molar-refractivity contribution is 0.0846. The van der Waals surface area contributed by atoms with Crippen LogP contribution in [0.3, 0.4) is 0 Å². The molecule has 0 radical (unpaired) electrons. The Bertz CT molecular complexity index is 1180. The van der Waals surface area contributed by atoms with Gasteiger partial charge < -0.3 is 4.74 Å². The van der Waals surface area contributed by atoms with Crippen LogP contribution < -0.4 is 21.1 Å². The van der Waals surface area contributed by atoms with E-state index in [2.05, 4.69) is 15.8 Å². The Hall–Kier alpha value is -3.68. The zero-order valence-corrected chi connectivity index (χ0v) is 17.3. The number of aryl methyl sites for hydroxylation is 1. The summed E-state index contributed by atoms with van der Waals surface area (Å²) < 4.78 is 6.83. The van der Waals surface area contributed by atoms with E-state index >= 15 is 0 Å². The quantitative estimate of drug-likeness (QED) is 0.634. The number of hydrazine groups is 1. The van der Waals surface area contributed by atoms with Crippen molar-refractivity contribution in [1.82, 2.24) is 20.4 Å². The van der Waals surface area contributed by atoms with Gasteiger partial charge in [-0.25, -0.2) is 4.98 Å². The Morgan fingerprint density at radius 1 is 0.935 bits per heavy atom. The van der Waals surface area contributed by atoms with Crippen LogP contribution >= 0.6 is 0 Å². The molecule has 8 heteroatoms. The monoisotopic (exact) mass is 420 g/mol. The van der Waals surface area contributed by atoms with E-state index in [1.165, 1.54) is 0 Å². The molecule has 2 heterocycles. The third-order valence-corrected chi connectivity index (χ3v) is 5.47. The highest BCUT2D eigenvalue weighted by molar-refractivity contribution is 6.00. The number of nitrogens with one attached hydrogen (secondary N) is 2. The molecule has 4 rings (SSSR count). The third kappa shape index (κ3) is 4.42. The van der Waals surface area contributed by atoms with Crippen LogP contribution in [0.1, 0.15) is 52.2 Å². The molecule has 1 aliphatic rings. The molecule has 1 aliphatic heterocycles. The molecule has 0 saturated heterocycles. The SMILES string of the molecule is COc1ccc(C(=O)NNC(=O)c2ccc3c(=O)n4c(nc3c2)CCCCCC4)cc1. The summed E-state index contributed by atoms with van der Waals surface area (Å²) in [6.07, 6.45) is 4.96. The number of ether oxygens (including phenoxy) is 1. The second-order valence-corrected chi connectivity index (χ2v) is 7.52. The molecule has 1 aromatic heterocycles. The number of fused-ring (bicyclic) bond motifs is 2. The molecule has 0 bridgehead atoms. The lowest BCUT2D eigenvalue weighted by Gasteiger charge is -2.16. The van der Waals surface area contributed by atoms with Gasteiger partial charge in [-0.1, -0.05) is 12.8 Å². The van der Waals surface area contributed by atoms with Crippen LogP contribution in [-0.2, 0) is 13.0 Å². The van der Waals surface area contributed by atoms with Crippen LogP contribution in [0.2, 0.25) is 0 Å². The molecule has 0 aliphatic carbocycles. The highest BCUT2D eigenvalue weighted by Crippen LogP contribution is 2.16. The fourth-order valence-electron chi connectivity index (χ4n) is 3.74. The Kier molecular flexibility index (Phi) is 5.97. The molecule has 2 N–H and O–H groups in total. The van der Waals surface area contributed by atoms with Gasteiger partial charge in [-0.15, -0.1) is 0 Å². The van der Waals surface area contributed by atoms with E-state index in [0.29, 0.717) is 34.3 Å². The Morgan fingerprint density at radius 2 is 1.61 bits per heavy atom. The maximum atomic E-state index is 12.9. The van der Waals surface area contributed by atoms with E-state index in [4.69, 9.17) is 4.74 Å². The lowest BCUT2D eigenvalue weighted by atomic mass is 10.1. The molecular formula is C23H24N4O4. The first kappa shape index (κ1) is 20.6. The number of amides is 2. The minimum Gasteiger partial charge on any atom is -0.497 e. The number of carbonyl (C=O) groups excluding carboxylic acids is 2. The van der Waals surface area contributed by atoms with E-state index in [1.807, 2.05) is 0 Å². The van der Waals surface area contributed by atoms with Gasteiger partial charge in [-0.05, 0) is 55.3 Å². The largest absolute Gasteiger partial charge is 0.497 e. The van der Waals surface area contributed by atoms with Gasteiger partial charge in [0.15, 0.2) is 0 Å². The Morgan fingerprint density at radius 3 is 2.35 bits per heavy atom. The molecule has 160 valence electrons. The standard InChI is InChI=1S/C23H24N4O4/c1-31-17-10-7-15(8-11-17)21(28)25-26-22(29)16-9-12-18-19(14-16)24-20-6-4-2-3-5-13-27(20)23(18)30/h7-12,14H,2-6,13H2,1H3,(H,25,28)(H,26,29). The maximum absolute atomic E-state index is 12.9. The molecule has 0 unspecified atom stereocenters. The van der Waals surface area contributed by atoms with Crippen LogP contribution in [0.25, 0.3) is 10.9 Å². The fraction of sp³-hybridized carbons (Fsp3) is 0.304. The van der Waals surface area contributed by atoms with Crippen molar-refractivity contribution in [2.75, 3.05) is 7.11 Å². The first-order chi connectivity index (χ1) is 15.1. The molecule has 31 heavy (non-hydrogen) atoms. The first-order valence-electron chi connectivity index (χ1n) is 10.3. The van der Waals surface area contributed by atoms with Gasteiger partial charge in [-0.2, -0.15) is 0 Å². The molecule has 0 saturated carbocycles. The zero-order chi connectivity index (χ0) is 21.8. The van der Waals surface area contributed by atoms with Gasteiger partial charge in [0.05, 0.1) is 18.0 Å². The number of carbonyl (C=O) groups is 2. The number of aromatic nitrogens is 2. The lowest BCUT2D eigenvalue weighted by Crippen LogP contribution is -2.41. The van der Waals surface area contributed by atoms with Crippen molar-refractivity contribution in [3.8, 4) is 5.75 Å². The minimum absolute atomic E-state index is 0.0679. The summed E-state index contributed by atoms with van der Waals surface area (Å²) in [5.41, 5.74) is 5.92. The highest BCUT2D eigenvalue weighted by Gasteiger charge is 2.15. The molecule has 2 amide bonds. The molecule has 0 atom stereocenters. The summed E-state index contributed by atoms with van der Waals surface area (Å²) in [6.45, 7) is 0.677. The second kappa shape index (κ2) is 8.99. The smallest absolute Gasteiger partial charge is 0.269 e. The molecule has 3 aromatic rings. The van der Waals surface area contributed by atoms with Crippen molar-refractivity contribution >= 4 is 22.7 Å².